The smallest absolute Gasteiger partial charge is 0.257 e. The van der Waals surface area contributed by atoms with Crippen molar-refractivity contribution in [1.82, 2.24) is 4.98 Å². The zero-order valence-electron chi connectivity index (χ0n) is 14.8. The van der Waals surface area contributed by atoms with Crippen LogP contribution in [0.2, 0.25) is 0 Å². The minimum atomic E-state index is -0.187. The summed E-state index contributed by atoms with van der Waals surface area (Å²) in [6, 6.07) is 17.3. The standard InChI is InChI=1S/C21H21N3O2/c1-15-7-3-5-9-19(15)24-21(25)17-11-18(14-22-12-17)23-13-16-8-4-6-10-20(16)26-2/h3-12,14,23H,13H2,1-2H3,(H,24,25). The van der Waals surface area contributed by atoms with Crippen molar-refractivity contribution in [1.29, 1.82) is 0 Å². The van der Waals surface area contributed by atoms with E-state index < -0.39 is 0 Å². The average Bonchev–Trinajstić information content (AvgIpc) is 2.68. The molecule has 0 aliphatic rings. The van der Waals surface area contributed by atoms with Crippen LogP contribution in [0.1, 0.15) is 21.5 Å². The van der Waals surface area contributed by atoms with E-state index in [2.05, 4.69) is 15.6 Å². The van der Waals surface area contributed by atoms with Gasteiger partial charge in [-0.3, -0.25) is 9.78 Å². The van der Waals surface area contributed by atoms with Gasteiger partial charge in [0.05, 0.1) is 18.4 Å². The van der Waals surface area contributed by atoms with Crippen LogP contribution >= 0.6 is 0 Å². The maximum atomic E-state index is 12.5. The lowest BCUT2D eigenvalue weighted by atomic mass is 10.1. The van der Waals surface area contributed by atoms with Gasteiger partial charge in [0.25, 0.3) is 5.91 Å². The monoisotopic (exact) mass is 347 g/mol. The number of ether oxygens (including phenoxy) is 1. The Labute approximate surface area is 153 Å². The Morgan fingerprint density at radius 2 is 1.85 bits per heavy atom. The lowest BCUT2D eigenvalue weighted by Crippen LogP contribution is -2.13. The first kappa shape index (κ1) is 17.5. The van der Waals surface area contributed by atoms with Crippen LogP contribution in [0.3, 0.4) is 0 Å². The molecule has 0 unspecified atom stereocenters. The van der Waals surface area contributed by atoms with Crippen molar-refractivity contribution >= 4 is 17.3 Å². The van der Waals surface area contributed by atoms with Crippen LogP contribution < -0.4 is 15.4 Å². The molecule has 1 aromatic heterocycles. The summed E-state index contributed by atoms with van der Waals surface area (Å²) < 4.78 is 5.35. The van der Waals surface area contributed by atoms with E-state index in [0.717, 1.165) is 28.3 Å². The lowest BCUT2D eigenvalue weighted by Gasteiger charge is -2.11. The zero-order valence-corrected chi connectivity index (χ0v) is 14.8. The summed E-state index contributed by atoms with van der Waals surface area (Å²) in [7, 11) is 1.65. The highest BCUT2D eigenvalue weighted by molar-refractivity contribution is 6.04. The summed E-state index contributed by atoms with van der Waals surface area (Å²) in [5, 5.41) is 6.20. The van der Waals surface area contributed by atoms with Gasteiger partial charge < -0.3 is 15.4 Å². The van der Waals surface area contributed by atoms with Crippen LogP contribution in [-0.4, -0.2) is 18.0 Å². The number of methoxy groups -OCH3 is 1. The SMILES string of the molecule is COc1ccccc1CNc1cncc(C(=O)Nc2ccccc2C)c1. The maximum Gasteiger partial charge on any atom is 0.257 e. The maximum absolute atomic E-state index is 12.5. The van der Waals surface area contributed by atoms with Crippen molar-refractivity contribution in [3.63, 3.8) is 0 Å². The van der Waals surface area contributed by atoms with E-state index in [-0.39, 0.29) is 5.91 Å². The molecule has 0 saturated carbocycles. The number of para-hydroxylation sites is 2. The van der Waals surface area contributed by atoms with Gasteiger partial charge in [0.1, 0.15) is 5.75 Å². The molecule has 1 amide bonds. The molecule has 0 aliphatic carbocycles. The molecule has 0 radical (unpaired) electrons. The normalized spacial score (nSPS) is 10.2. The first-order chi connectivity index (χ1) is 12.7. The van der Waals surface area contributed by atoms with Gasteiger partial charge in [0.2, 0.25) is 0 Å². The molecule has 2 N–H and O–H groups in total. The van der Waals surface area contributed by atoms with E-state index >= 15 is 0 Å². The number of anilines is 2. The van der Waals surface area contributed by atoms with Gasteiger partial charge in [-0.1, -0.05) is 36.4 Å². The van der Waals surface area contributed by atoms with E-state index in [4.69, 9.17) is 4.74 Å². The van der Waals surface area contributed by atoms with Crippen molar-refractivity contribution < 1.29 is 9.53 Å². The number of carbonyl (C=O) groups is 1. The van der Waals surface area contributed by atoms with Gasteiger partial charge in [-0.25, -0.2) is 0 Å². The Morgan fingerprint density at radius 3 is 2.65 bits per heavy atom. The summed E-state index contributed by atoms with van der Waals surface area (Å²) in [4.78, 5) is 16.7. The van der Waals surface area contributed by atoms with Crippen molar-refractivity contribution in [3.05, 3.63) is 83.7 Å². The molecular formula is C21H21N3O2. The number of nitrogens with zero attached hydrogens (tertiary/aromatic N) is 1. The van der Waals surface area contributed by atoms with Gasteiger partial charge in [-0.15, -0.1) is 0 Å². The number of carbonyl (C=O) groups excluding carboxylic acids is 1. The molecule has 0 atom stereocenters. The van der Waals surface area contributed by atoms with Gasteiger partial charge in [-0.2, -0.15) is 0 Å². The molecule has 26 heavy (non-hydrogen) atoms. The Kier molecular flexibility index (Phi) is 5.49. The molecular weight excluding hydrogens is 326 g/mol. The first-order valence-corrected chi connectivity index (χ1v) is 8.35. The van der Waals surface area contributed by atoms with Crippen LogP contribution in [0.25, 0.3) is 0 Å². The number of hydrogen-bond donors (Lipinski definition) is 2. The number of amides is 1. The third-order valence-corrected chi connectivity index (χ3v) is 4.07. The Bertz CT molecular complexity index is 909. The zero-order chi connectivity index (χ0) is 18.4. The second-order valence-electron chi connectivity index (χ2n) is 5.90. The average molecular weight is 347 g/mol. The Hall–Kier alpha value is -3.34. The minimum absolute atomic E-state index is 0.187. The van der Waals surface area contributed by atoms with Gasteiger partial charge in [-0.05, 0) is 30.7 Å². The van der Waals surface area contributed by atoms with Crippen LogP contribution in [0, 0.1) is 6.92 Å². The molecule has 3 aromatic rings. The Balaban J connectivity index is 1.70. The minimum Gasteiger partial charge on any atom is -0.496 e. The second-order valence-corrected chi connectivity index (χ2v) is 5.90. The molecule has 0 bridgehead atoms. The van der Waals surface area contributed by atoms with Crippen LogP contribution in [-0.2, 0) is 6.54 Å². The number of benzene rings is 2. The second kappa shape index (κ2) is 8.16. The number of aryl methyl sites for hydroxylation is 1. The molecule has 2 aromatic carbocycles. The highest BCUT2D eigenvalue weighted by Crippen LogP contribution is 2.20. The number of rotatable bonds is 6. The predicted octanol–water partition coefficient (Wildman–Crippen LogP) is 4.26. The molecule has 5 heteroatoms. The summed E-state index contributed by atoms with van der Waals surface area (Å²) in [6.07, 6.45) is 3.25. The largest absolute Gasteiger partial charge is 0.496 e. The summed E-state index contributed by atoms with van der Waals surface area (Å²) >= 11 is 0. The lowest BCUT2D eigenvalue weighted by molar-refractivity contribution is 0.102. The van der Waals surface area contributed by atoms with E-state index in [9.17, 15) is 4.79 Å². The topological polar surface area (TPSA) is 63.2 Å². The van der Waals surface area contributed by atoms with Crippen LogP contribution in [0.15, 0.2) is 67.0 Å². The number of nitrogens with one attached hydrogen (secondary N) is 2. The molecule has 5 nitrogen and oxygen atoms in total. The molecule has 1 heterocycles. The third kappa shape index (κ3) is 4.19. The summed E-state index contributed by atoms with van der Waals surface area (Å²) in [6.45, 7) is 2.54. The van der Waals surface area contributed by atoms with E-state index in [1.165, 1.54) is 0 Å². The van der Waals surface area contributed by atoms with E-state index in [0.29, 0.717) is 12.1 Å². The molecule has 0 spiro atoms. The van der Waals surface area contributed by atoms with Crippen molar-refractivity contribution in [2.45, 2.75) is 13.5 Å². The summed E-state index contributed by atoms with van der Waals surface area (Å²) in [5.41, 5.74) is 4.11. The molecule has 3 rings (SSSR count). The van der Waals surface area contributed by atoms with E-state index in [1.807, 2.05) is 55.5 Å². The molecule has 0 aliphatic heterocycles. The van der Waals surface area contributed by atoms with Gasteiger partial charge in [0.15, 0.2) is 0 Å². The number of pyridine rings is 1. The summed E-state index contributed by atoms with van der Waals surface area (Å²) in [5.74, 6) is 0.633. The third-order valence-electron chi connectivity index (χ3n) is 4.07. The molecule has 132 valence electrons. The highest BCUT2D eigenvalue weighted by atomic mass is 16.5. The van der Waals surface area contributed by atoms with Gasteiger partial charge >= 0.3 is 0 Å². The van der Waals surface area contributed by atoms with Crippen molar-refractivity contribution in [2.75, 3.05) is 17.7 Å². The molecule has 0 fully saturated rings. The Morgan fingerprint density at radius 1 is 1.08 bits per heavy atom. The quantitative estimate of drug-likeness (QED) is 0.699. The number of aromatic nitrogens is 1. The van der Waals surface area contributed by atoms with Crippen LogP contribution in [0.5, 0.6) is 5.75 Å². The highest BCUT2D eigenvalue weighted by Gasteiger charge is 2.09. The van der Waals surface area contributed by atoms with Gasteiger partial charge in [0, 0.05) is 30.2 Å². The fraction of sp³-hybridized carbons (Fsp3) is 0.143. The van der Waals surface area contributed by atoms with Crippen LogP contribution in [0.4, 0.5) is 11.4 Å². The number of hydrogen-bond acceptors (Lipinski definition) is 4. The van der Waals surface area contributed by atoms with Crippen molar-refractivity contribution in [2.24, 2.45) is 0 Å². The fourth-order valence-corrected chi connectivity index (χ4v) is 2.61. The molecule has 0 saturated heterocycles. The van der Waals surface area contributed by atoms with E-state index in [1.54, 1.807) is 25.6 Å². The first-order valence-electron chi connectivity index (χ1n) is 8.35. The predicted molar refractivity (Wildman–Crippen MR) is 104 cm³/mol. The fourth-order valence-electron chi connectivity index (χ4n) is 2.61. The van der Waals surface area contributed by atoms with Crippen molar-refractivity contribution in [3.8, 4) is 5.75 Å².